The Morgan fingerprint density at radius 1 is 1.03 bits per heavy atom. The molecule has 0 aliphatic carbocycles. The molecule has 2 saturated heterocycles. The normalized spacial score (nSPS) is 21.2. The number of nitrogens with zero attached hydrogens (tertiary/aromatic N) is 3. The highest BCUT2D eigenvalue weighted by molar-refractivity contribution is 5.96. The van der Waals surface area contributed by atoms with Crippen molar-refractivity contribution in [3.63, 3.8) is 0 Å². The molecule has 34 heavy (non-hydrogen) atoms. The minimum atomic E-state index is -0.278. The Hall–Kier alpha value is -3.95. The standard InChI is InChI=1S/C28H25N3O3/c32-19-25-27(22-14-12-21(13-15-22)10-6-9-20-7-2-1-3-8-20)24-17-30(18-26(33)31(24)25)28(34)23-11-4-5-16-29-23/h1-5,7-8,11-16,24-25,27,32H,9,17-19H2/t24-,25-,27-/m0/s1. The Morgan fingerprint density at radius 2 is 1.79 bits per heavy atom. The summed E-state index contributed by atoms with van der Waals surface area (Å²) in [5, 5.41) is 10.00. The zero-order valence-corrected chi connectivity index (χ0v) is 18.7. The van der Waals surface area contributed by atoms with Gasteiger partial charge >= 0.3 is 0 Å². The van der Waals surface area contributed by atoms with Crippen LogP contribution in [-0.2, 0) is 11.2 Å². The second-order valence-electron chi connectivity index (χ2n) is 8.63. The molecule has 0 radical (unpaired) electrons. The molecule has 0 unspecified atom stereocenters. The van der Waals surface area contributed by atoms with Gasteiger partial charge in [-0.05, 0) is 35.4 Å². The summed E-state index contributed by atoms with van der Waals surface area (Å²) < 4.78 is 0. The maximum Gasteiger partial charge on any atom is 0.272 e. The molecule has 3 atom stereocenters. The van der Waals surface area contributed by atoms with Crippen LogP contribution >= 0.6 is 0 Å². The summed E-state index contributed by atoms with van der Waals surface area (Å²) in [5.41, 5.74) is 3.47. The smallest absolute Gasteiger partial charge is 0.272 e. The zero-order chi connectivity index (χ0) is 23.5. The molecule has 2 fully saturated rings. The molecule has 3 heterocycles. The lowest BCUT2D eigenvalue weighted by Crippen LogP contribution is -2.73. The van der Waals surface area contributed by atoms with Gasteiger partial charge in [-0.2, -0.15) is 0 Å². The van der Waals surface area contributed by atoms with Gasteiger partial charge in [-0.1, -0.05) is 60.4 Å². The third-order valence-electron chi connectivity index (χ3n) is 6.59. The van der Waals surface area contributed by atoms with E-state index in [1.807, 2.05) is 42.5 Å². The van der Waals surface area contributed by atoms with Crippen molar-refractivity contribution in [3.05, 3.63) is 101 Å². The van der Waals surface area contributed by atoms with Crippen molar-refractivity contribution in [2.24, 2.45) is 0 Å². The lowest BCUT2D eigenvalue weighted by atomic mass is 9.73. The number of aromatic nitrogens is 1. The molecule has 0 saturated carbocycles. The highest BCUT2D eigenvalue weighted by Crippen LogP contribution is 2.43. The van der Waals surface area contributed by atoms with Crippen molar-refractivity contribution >= 4 is 11.8 Å². The number of piperazine rings is 1. The van der Waals surface area contributed by atoms with Gasteiger partial charge in [0.05, 0.1) is 18.7 Å². The number of carbonyl (C=O) groups excluding carboxylic acids is 2. The van der Waals surface area contributed by atoms with Crippen molar-refractivity contribution in [1.82, 2.24) is 14.8 Å². The van der Waals surface area contributed by atoms with Crippen LogP contribution in [0.2, 0.25) is 0 Å². The largest absolute Gasteiger partial charge is 0.394 e. The predicted molar refractivity (Wildman–Crippen MR) is 128 cm³/mol. The van der Waals surface area contributed by atoms with Gasteiger partial charge in [-0.25, -0.2) is 0 Å². The quantitative estimate of drug-likeness (QED) is 0.619. The maximum atomic E-state index is 12.9. The van der Waals surface area contributed by atoms with Crippen LogP contribution in [0.3, 0.4) is 0 Å². The van der Waals surface area contributed by atoms with Gasteiger partial charge in [-0.3, -0.25) is 14.6 Å². The molecule has 170 valence electrons. The van der Waals surface area contributed by atoms with E-state index in [9.17, 15) is 14.7 Å². The first-order valence-corrected chi connectivity index (χ1v) is 11.4. The lowest BCUT2D eigenvalue weighted by molar-refractivity contribution is -0.159. The number of hydrogen-bond acceptors (Lipinski definition) is 4. The van der Waals surface area contributed by atoms with Gasteiger partial charge < -0.3 is 14.9 Å². The average molecular weight is 452 g/mol. The molecular formula is C28H25N3O3. The van der Waals surface area contributed by atoms with Crippen molar-refractivity contribution < 1.29 is 14.7 Å². The van der Waals surface area contributed by atoms with Gasteiger partial charge in [0.15, 0.2) is 0 Å². The second kappa shape index (κ2) is 9.50. The maximum absolute atomic E-state index is 12.9. The molecule has 2 amide bonds. The summed E-state index contributed by atoms with van der Waals surface area (Å²) in [6.45, 7) is 0.311. The first-order valence-electron chi connectivity index (χ1n) is 11.4. The fraction of sp³-hybridized carbons (Fsp3) is 0.250. The van der Waals surface area contributed by atoms with E-state index in [1.54, 1.807) is 34.2 Å². The third kappa shape index (κ3) is 4.18. The van der Waals surface area contributed by atoms with Gasteiger partial charge in [0.1, 0.15) is 12.2 Å². The SMILES string of the molecule is O=C(c1ccccn1)N1CC(=O)N2[C@@H](CO)[C@@H](c3ccc(C#CCc4ccccc4)cc3)[C@@H]2C1. The van der Waals surface area contributed by atoms with E-state index < -0.39 is 0 Å². The van der Waals surface area contributed by atoms with Gasteiger partial charge in [0, 0.05) is 30.6 Å². The summed E-state index contributed by atoms with van der Waals surface area (Å²) in [6, 6.07) is 22.8. The number of pyridine rings is 1. The summed E-state index contributed by atoms with van der Waals surface area (Å²) in [5.74, 6) is 5.98. The van der Waals surface area contributed by atoms with Gasteiger partial charge in [0.2, 0.25) is 5.91 Å². The molecular weight excluding hydrogens is 426 g/mol. The van der Waals surface area contributed by atoms with Crippen LogP contribution in [0, 0.1) is 11.8 Å². The number of benzene rings is 2. The van der Waals surface area contributed by atoms with Gasteiger partial charge in [0.25, 0.3) is 5.91 Å². The first kappa shape index (κ1) is 21.9. The Kier molecular flexibility index (Phi) is 6.11. The van der Waals surface area contributed by atoms with E-state index in [4.69, 9.17) is 0 Å². The Bertz CT molecular complexity index is 1230. The van der Waals surface area contributed by atoms with E-state index in [2.05, 4.69) is 29.0 Å². The molecule has 0 spiro atoms. The number of aliphatic hydroxyl groups is 1. The average Bonchev–Trinajstić information content (AvgIpc) is 2.87. The summed E-state index contributed by atoms with van der Waals surface area (Å²) in [6.07, 6.45) is 2.26. The van der Waals surface area contributed by atoms with E-state index in [0.29, 0.717) is 18.7 Å². The van der Waals surface area contributed by atoms with Crippen LogP contribution in [0.25, 0.3) is 0 Å². The monoisotopic (exact) mass is 451 g/mol. The van der Waals surface area contributed by atoms with Crippen LogP contribution in [0.1, 0.15) is 33.1 Å². The third-order valence-corrected chi connectivity index (χ3v) is 6.59. The molecule has 2 aliphatic rings. The van der Waals surface area contributed by atoms with E-state index in [0.717, 1.165) is 11.1 Å². The minimum Gasteiger partial charge on any atom is -0.394 e. The number of rotatable bonds is 4. The van der Waals surface area contributed by atoms with Crippen LogP contribution in [0.5, 0.6) is 0 Å². The number of carbonyl (C=O) groups is 2. The van der Waals surface area contributed by atoms with Crippen LogP contribution in [0.15, 0.2) is 79.0 Å². The highest BCUT2D eigenvalue weighted by atomic mass is 16.3. The first-order chi connectivity index (χ1) is 16.7. The van der Waals surface area contributed by atoms with Crippen molar-refractivity contribution in [2.45, 2.75) is 24.4 Å². The summed E-state index contributed by atoms with van der Waals surface area (Å²) >= 11 is 0. The van der Waals surface area contributed by atoms with Crippen LogP contribution in [-0.4, -0.2) is 63.5 Å². The topological polar surface area (TPSA) is 73.7 Å². The van der Waals surface area contributed by atoms with Crippen LogP contribution in [0.4, 0.5) is 0 Å². The molecule has 2 aromatic carbocycles. The number of aliphatic hydroxyl groups excluding tert-OH is 1. The fourth-order valence-corrected chi connectivity index (χ4v) is 4.94. The highest BCUT2D eigenvalue weighted by Gasteiger charge is 2.54. The zero-order valence-electron chi connectivity index (χ0n) is 18.7. The predicted octanol–water partition coefficient (Wildman–Crippen LogP) is 2.49. The Morgan fingerprint density at radius 3 is 2.50 bits per heavy atom. The molecule has 5 rings (SSSR count). The molecule has 0 bridgehead atoms. The summed E-state index contributed by atoms with van der Waals surface area (Å²) in [4.78, 5) is 33.1. The molecule has 6 heteroatoms. The Labute approximate surface area is 198 Å². The van der Waals surface area contributed by atoms with Crippen molar-refractivity contribution in [3.8, 4) is 11.8 Å². The number of hydrogen-bond donors (Lipinski definition) is 1. The molecule has 2 aliphatic heterocycles. The fourth-order valence-electron chi connectivity index (χ4n) is 4.94. The van der Waals surface area contributed by atoms with Crippen LogP contribution < -0.4 is 0 Å². The number of fused-ring (bicyclic) bond motifs is 1. The van der Waals surface area contributed by atoms with E-state index >= 15 is 0 Å². The Balaban J connectivity index is 1.31. The van der Waals surface area contributed by atoms with Gasteiger partial charge in [-0.15, -0.1) is 0 Å². The molecule has 6 nitrogen and oxygen atoms in total. The molecule has 3 aromatic rings. The summed E-state index contributed by atoms with van der Waals surface area (Å²) in [7, 11) is 0. The van der Waals surface area contributed by atoms with E-state index in [1.165, 1.54) is 5.56 Å². The second-order valence-corrected chi connectivity index (χ2v) is 8.63. The van der Waals surface area contributed by atoms with Crippen molar-refractivity contribution in [1.29, 1.82) is 0 Å². The number of amides is 2. The molecule has 1 N–H and O–H groups in total. The van der Waals surface area contributed by atoms with Crippen molar-refractivity contribution in [2.75, 3.05) is 19.7 Å². The van der Waals surface area contributed by atoms with E-state index in [-0.39, 0.29) is 43.0 Å². The lowest BCUT2D eigenvalue weighted by Gasteiger charge is -2.58. The molecule has 1 aromatic heterocycles. The minimum absolute atomic E-state index is 0.00503.